The first-order valence-corrected chi connectivity index (χ1v) is 10.4. The fraction of sp³-hybridized carbons (Fsp3) is 0.500. The molecule has 0 aromatic heterocycles. The maximum Gasteiger partial charge on any atom is 0.269 e. The molecule has 0 N–H and O–H groups in total. The van der Waals surface area contributed by atoms with Gasteiger partial charge in [-0.3, -0.25) is 19.7 Å². The van der Waals surface area contributed by atoms with Gasteiger partial charge in [0.25, 0.3) is 5.69 Å². The molecule has 0 bridgehead atoms. The van der Waals surface area contributed by atoms with Gasteiger partial charge in [0.1, 0.15) is 0 Å². The molecule has 0 saturated heterocycles. The first kappa shape index (κ1) is 20.5. The minimum Gasteiger partial charge on any atom is -0.351 e. The Kier molecular flexibility index (Phi) is 4.53. The third kappa shape index (κ3) is 3.28. The topological polar surface area (TPSA) is 80.5 Å². The van der Waals surface area contributed by atoms with E-state index >= 15 is 0 Å². The Labute approximate surface area is 176 Å². The van der Waals surface area contributed by atoms with Crippen LogP contribution in [0.3, 0.4) is 0 Å². The van der Waals surface area contributed by atoms with E-state index in [4.69, 9.17) is 0 Å². The molecule has 0 unspecified atom stereocenters. The third-order valence-electron chi connectivity index (χ3n) is 6.62. The molecule has 3 aliphatic rings. The Morgan fingerprint density at radius 3 is 1.70 bits per heavy atom. The van der Waals surface area contributed by atoms with Crippen molar-refractivity contribution >= 4 is 17.3 Å². The monoisotopic (exact) mass is 408 g/mol. The highest BCUT2D eigenvalue weighted by Gasteiger charge is 2.48. The van der Waals surface area contributed by atoms with Crippen LogP contribution in [0.5, 0.6) is 0 Å². The van der Waals surface area contributed by atoms with Crippen LogP contribution >= 0.6 is 0 Å². The van der Waals surface area contributed by atoms with Crippen LogP contribution in [0.25, 0.3) is 0 Å². The van der Waals surface area contributed by atoms with Gasteiger partial charge in [0.2, 0.25) is 0 Å². The van der Waals surface area contributed by atoms with E-state index in [1.54, 1.807) is 12.1 Å². The van der Waals surface area contributed by atoms with E-state index in [1.807, 2.05) is 7.05 Å². The lowest BCUT2D eigenvalue weighted by atomic mass is 9.64. The summed E-state index contributed by atoms with van der Waals surface area (Å²) >= 11 is 0. The summed E-state index contributed by atoms with van der Waals surface area (Å²) < 4.78 is 0. The van der Waals surface area contributed by atoms with Gasteiger partial charge in [0, 0.05) is 60.5 Å². The van der Waals surface area contributed by atoms with Crippen LogP contribution in [0, 0.1) is 20.9 Å². The lowest BCUT2D eigenvalue weighted by Gasteiger charge is -2.47. The number of hydrogen-bond acceptors (Lipinski definition) is 5. The molecule has 0 saturated carbocycles. The van der Waals surface area contributed by atoms with Crippen molar-refractivity contribution in [1.82, 2.24) is 4.90 Å². The summed E-state index contributed by atoms with van der Waals surface area (Å²) in [5.41, 5.74) is 3.85. The zero-order chi connectivity index (χ0) is 22.0. The molecule has 30 heavy (non-hydrogen) atoms. The Bertz CT molecular complexity index is 974. The summed E-state index contributed by atoms with van der Waals surface area (Å²) in [5.74, 6) is -0.305. The number of ketones is 2. The molecule has 0 amide bonds. The molecule has 0 radical (unpaired) electrons. The summed E-state index contributed by atoms with van der Waals surface area (Å²) in [4.78, 5) is 39.4. The average molecular weight is 408 g/mol. The summed E-state index contributed by atoms with van der Waals surface area (Å²) in [6, 6.07) is 6.32. The number of benzene rings is 1. The van der Waals surface area contributed by atoms with E-state index in [9.17, 15) is 19.7 Å². The minimum absolute atomic E-state index is 0.00212. The van der Waals surface area contributed by atoms with Crippen LogP contribution in [0.1, 0.15) is 64.9 Å². The smallest absolute Gasteiger partial charge is 0.269 e. The first-order valence-electron chi connectivity index (χ1n) is 10.4. The number of nitro groups is 1. The molecular formula is C24H28N2O4. The van der Waals surface area contributed by atoms with Gasteiger partial charge in [0.05, 0.1) is 4.92 Å². The van der Waals surface area contributed by atoms with Gasteiger partial charge in [-0.05, 0) is 29.2 Å². The van der Waals surface area contributed by atoms with Gasteiger partial charge in [-0.15, -0.1) is 0 Å². The highest BCUT2D eigenvalue weighted by Crippen LogP contribution is 2.53. The number of allylic oxidation sites excluding steroid dienone is 4. The fourth-order valence-corrected chi connectivity index (χ4v) is 5.29. The van der Waals surface area contributed by atoms with Crippen molar-refractivity contribution in [3.05, 3.63) is 62.5 Å². The highest BCUT2D eigenvalue weighted by atomic mass is 16.6. The predicted molar refractivity (Wildman–Crippen MR) is 114 cm³/mol. The zero-order valence-corrected chi connectivity index (χ0v) is 18.2. The van der Waals surface area contributed by atoms with Crippen LogP contribution in [0.15, 0.2) is 46.8 Å². The molecule has 0 spiro atoms. The molecule has 1 aromatic carbocycles. The third-order valence-corrected chi connectivity index (χ3v) is 6.62. The molecule has 6 heteroatoms. The van der Waals surface area contributed by atoms with E-state index in [1.165, 1.54) is 12.1 Å². The Balaban J connectivity index is 1.93. The largest absolute Gasteiger partial charge is 0.351 e. The number of rotatable bonds is 2. The Morgan fingerprint density at radius 2 is 1.30 bits per heavy atom. The minimum atomic E-state index is -0.445. The van der Waals surface area contributed by atoms with Crippen LogP contribution in [0.2, 0.25) is 0 Å². The molecule has 2 aliphatic carbocycles. The van der Waals surface area contributed by atoms with E-state index in [0.29, 0.717) is 24.0 Å². The van der Waals surface area contributed by atoms with Gasteiger partial charge in [0.15, 0.2) is 11.6 Å². The van der Waals surface area contributed by atoms with Crippen LogP contribution < -0.4 is 0 Å². The van der Waals surface area contributed by atoms with E-state index in [0.717, 1.165) is 29.8 Å². The summed E-state index contributed by atoms with van der Waals surface area (Å²) in [6.07, 6.45) is 2.40. The van der Waals surface area contributed by atoms with Gasteiger partial charge in [-0.25, -0.2) is 0 Å². The number of hydrogen-bond donors (Lipinski definition) is 0. The number of non-ortho nitro benzene ring substituents is 1. The molecule has 6 nitrogen and oxygen atoms in total. The van der Waals surface area contributed by atoms with Crippen molar-refractivity contribution in [3.63, 3.8) is 0 Å². The second-order valence-corrected chi connectivity index (χ2v) is 10.4. The summed E-state index contributed by atoms with van der Waals surface area (Å²) in [6.45, 7) is 8.40. The van der Waals surface area contributed by atoms with Crippen molar-refractivity contribution < 1.29 is 14.5 Å². The molecule has 1 aliphatic heterocycles. The number of Topliss-reactive ketones (excluding diaryl/α,β-unsaturated/α-hetero) is 2. The second-order valence-electron chi connectivity index (χ2n) is 10.4. The molecule has 4 rings (SSSR count). The number of carbonyl (C=O) groups is 2. The Morgan fingerprint density at radius 1 is 0.867 bits per heavy atom. The lowest BCUT2D eigenvalue weighted by molar-refractivity contribution is -0.384. The number of nitrogens with zero attached hydrogens (tertiary/aromatic N) is 2. The van der Waals surface area contributed by atoms with Crippen LogP contribution in [-0.4, -0.2) is 28.4 Å². The standard InChI is InChI=1S/C24H28N2O4/c1-23(2)10-16-21(18(27)12-23)20(14-6-8-15(9-7-14)26(29)30)22-17(25(16)5)11-24(3,4)13-19(22)28/h6-9,20H,10-13H2,1-5H3. The lowest BCUT2D eigenvalue weighted by Crippen LogP contribution is -2.43. The normalized spacial score (nSPS) is 23.4. The van der Waals surface area contributed by atoms with Crippen LogP contribution in [-0.2, 0) is 9.59 Å². The van der Waals surface area contributed by atoms with E-state index in [-0.39, 0.29) is 28.1 Å². The van der Waals surface area contributed by atoms with Gasteiger partial charge >= 0.3 is 0 Å². The van der Waals surface area contributed by atoms with E-state index in [2.05, 4.69) is 32.6 Å². The van der Waals surface area contributed by atoms with Gasteiger partial charge < -0.3 is 4.90 Å². The zero-order valence-electron chi connectivity index (χ0n) is 18.2. The fourth-order valence-electron chi connectivity index (χ4n) is 5.29. The maximum atomic E-state index is 13.3. The SMILES string of the molecule is CN1C2=C(C(=O)CC(C)(C)C2)C(c2ccc([N+](=O)[O-])cc2)C2=C1CC(C)(C)CC2=O. The van der Waals surface area contributed by atoms with Crippen LogP contribution in [0.4, 0.5) is 5.69 Å². The van der Waals surface area contributed by atoms with Crippen molar-refractivity contribution in [2.24, 2.45) is 10.8 Å². The molecule has 158 valence electrons. The average Bonchev–Trinajstić information content (AvgIpc) is 2.62. The first-order chi connectivity index (χ1) is 13.9. The van der Waals surface area contributed by atoms with Crippen molar-refractivity contribution in [1.29, 1.82) is 0 Å². The van der Waals surface area contributed by atoms with Crippen molar-refractivity contribution in [2.45, 2.75) is 59.3 Å². The molecule has 0 fully saturated rings. The number of carbonyl (C=O) groups excluding carboxylic acids is 2. The van der Waals surface area contributed by atoms with E-state index < -0.39 is 10.8 Å². The van der Waals surface area contributed by atoms with Gasteiger partial charge in [-0.1, -0.05) is 39.8 Å². The van der Waals surface area contributed by atoms with Gasteiger partial charge in [-0.2, -0.15) is 0 Å². The Hall–Kier alpha value is -2.76. The molecule has 1 aromatic rings. The number of nitro benzene ring substituents is 1. The van der Waals surface area contributed by atoms with Crippen molar-refractivity contribution in [3.8, 4) is 0 Å². The molecule has 1 heterocycles. The maximum absolute atomic E-state index is 13.3. The molecule has 0 atom stereocenters. The molecular weight excluding hydrogens is 380 g/mol. The quantitative estimate of drug-likeness (QED) is 0.513. The van der Waals surface area contributed by atoms with Crippen molar-refractivity contribution in [2.75, 3.05) is 7.05 Å². The predicted octanol–water partition coefficient (Wildman–Crippen LogP) is 4.91. The highest BCUT2D eigenvalue weighted by molar-refractivity contribution is 6.06. The summed E-state index contributed by atoms with van der Waals surface area (Å²) in [7, 11) is 1.97. The second kappa shape index (κ2) is 6.62. The summed E-state index contributed by atoms with van der Waals surface area (Å²) in [5, 5.41) is 11.1.